The smallest absolute Gasteiger partial charge is 0.293 e. The Bertz CT molecular complexity index is 437. The molecule has 0 atom stereocenters. The van der Waals surface area contributed by atoms with Gasteiger partial charge in [0.25, 0.3) is 5.69 Å². The van der Waals surface area contributed by atoms with Gasteiger partial charge in [-0.2, -0.15) is 0 Å². The number of carbonyl (C=O) groups excluding carboxylic acids is 1. The SMILES string of the molecule is CCNC(=O)CNc1c(Cl)cccc1[N+](=O)[O-]. The first kappa shape index (κ1) is 13.2. The second kappa shape index (κ2) is 6.05. The molecule has 0 radical (unpaired) electrons. The van der Waals surface area contributed by atoms with E-state index in [0.717, 1.165) is 0 Å². The molecule has 17 heavy (non-hydrogen) atoms. The summed E-state index contributed by atoms with van der Waals surface area (Å²) in [6.07, 6.45) is 0. The van der Waals surface area contributed by atoms with E-state index in [1.54, 1.807) is 6.92 Å². The predicted molar refractivity (Wildman–Crippen MR) is 65.3 cm³/mol. The van der Waals surface area contributed by atoms with E-state index >= 15 is 0 Å². The fraction of sp³-hybridized carbons (Fsp3) is 0.300. The van der Waals surface area contributed by atoms with Crippen LogP contribution in [0.15, 0.2) is 18.2 Å². The van der Waals surface area contributed by atoms with Crippen LogP contribution in [0.5, 0.6) is 0 Å². The molecule has 0 aliphatic rings. The molecule has 92 valence electrons. The van der Waals surface area contributed by atoms with Gasteiger partial charge in [-0.3, -0.25) is 14.9 Å². The van der Waals surface area contributed by atoms with Gasteiger partial charge >= 0.3 is 0 Å². The molecule has 1 aromatic rings. The predicted octanol–water partition coefficient (Wildman–Crippen LogP) is 1.80. The molecule has 1 rings (SSSR count). The topological polar surface area (TPSA) is 84.3 Å². The van der Waals surface area contributed by atoms with Gasteiger partial charge in [0, 0.05) is 12.6 Å². The van der Waals surface area contributed by atoms with Crippen molar-refractivity contribution in [3.8, 4) is 0 Å². The summed E-state index contributed by atoms with van der Waals surface area (Å²) in [5, 5.41) is 16.2. The lowest BCUT2D eigenvalue weighted by molar-refractivity contribution is -0.383. The Labute approximate surface area is 103 Å². The van der Waals surface area contributed by atoms with Gasteiger partial charge in [-0.05, 0) is 13.0 Å². The molecular formula is C10H12ClN3O3. The third kappa shape index (κ3) is 3.60. The van der Waals surface area contributed by atoms with Crippen molar-refractivity contribution >= 4 is 28.9 Å². The maximum atomic E-state index is 11.2. The second-order valence-electron chi connectivity index (χ2n) is 3.20. The van der Waals surface area contributed by atoms with Crippen LogP contribution in [0, 0.1) is 10.1 Å². The van der Waals surface area contributed by atoms with Crippen LogP contribution in [0.1, 0.15) is 6.92 Å². The van der Waals surface area contributed by atoms with E-state index in [9.17, 15) is 14.9 Å². The van der Waals surface area contributed by atoms with E-state index in [2.05, 4.69) is 10.6 Å². The lowest BCUT2D eigenvalue weighted by Crippen LogP contribution is -2.29. The van der Waals surface area contributed by atoms with E-state index in [0.29, 0.717) is 6.54 Å². The fourth-order valence-corrected chi connectivity index (χ4v) is 1.50. The minimum atomic E-state index is -0.550. The summed E-state index contributed by atoms with van der Waals surface area (Å²) >= 11 is 5.84. The number of nitro groups is 1. The summed E-state index contributed by atoms with van der Waals surface area (Å²) in [4.78, 5) is 21.4. The van der Waals surface area contributed by atoms with Gasteiger partial charge in [-0.25, -0.2) is 0 Å². The standard InChI is InChI=1S/C10H12ClN3O3/c1-2-12-9(15)6-13-10-7(11)4-3-5-8(10)14(16)17/h3-5,13H,2,6H2,1H3,(H,12,15). The largest absolute Gasteiger partial charge is 0.369 e. The molecule has 0 unspecified atom stereocenters. The van der Waals surface area contributed by atoms with Gasteiger partial charge in [0.1, 0.15) is 5.69 Å². The van der Waals surface area contributed by atoms with E-state index < -0.39 is 4.92 Å². The molecule has 0 spiro atoms. The number of benzene rings is 1. The van der Waals surface area contributed by atoms with Crippen LogP contribution in [0.2, 0.25) is 5.02 Å². The number of amides is 1. The van der Waals surface area contributed by atoms with Crippen LogP contribution >= 0.6 is 11.6 Å². The van der Waals surface area contributed by atoms with Gasteiger partial charge in [-0.15, -0.1) is 0 Å². The molecule has 1 amide bonds. The average molecular weight is 258 g/mol. The van der Waals surface area contributed by atoms with Gasteiger partial charge in [0.05, 0.1) is 16.5 Å². The van der Waals surface area contributed by atoms with Gasteiger partial charge in [0.2, 0.25) is 5.91 Å². The molecule has 0 saturated carbocycles. The zero-order chi connectivity index (χ0) is 12.8. The highest BCUT2D eigenvalue weighted by molar-refractivity contribution is 6.33. The Kier molecular flexibility index (Phi) is 4.71. The Morgan fingerprint density at radius 1 is 1.53 bits per heavy atom. The molecule has 0 saturated heterocycles. The number of para-hydroxylation sites is 1. The number of nitro benzene ring substituents is 1. The number of hydrogen-bond donors (Lipinski definition) is 2. The summed E-state index contributed by atoms with van der Waals surface area (Å²) in [5.41, 5.74) is 0.00668. The zero-order valence-electron chi connectivity index (χ0n) is 9.20. The molecule has 1 aromatic carbocycles. The number of nitrogens with zero attached hydrogens (tertiary/aromatic N) is 1. The van der Waals surface area contributed by atoms with Crippen LogP contribution in [0.4, 0.5) is 11.4 Å². The number of anilines is 1. The molecule has 0 aliphatic heterocycles. The zero-order valence-corrected chi connectivity index (χ0v) is 9.95. The maximum Gasteiger partial charge on any atom is 0.293 e. The first-order valence-electron chi connectivity index (χ1n) is 4.99. The molecule has 2 N–H and O–H groups in total. The Morgan fingerprint density at radius 2 is 2.24 bits per heavy atom. The van der Waals surface area contributed by atoms with Crippen molar-refractivity contribution in [3.05, 3.63) is 33.3 Å². The quantitative estimate of drug-likeness (QED) is 0.622. The third-order valence-corrected chi connectivity index (χ3v) is 2.30. The van der Waals surface area contributed by atoms with Crippen LogP contribution in [-0.2, 0) is 4.79 Å². The van der Waals surface area contributed by atoms with Crippen molar-refractivity contribution in [2.75, 3.05) is 18.4 Å². The van der Waals surface area contributed by atoms with Crippen molar-refractivity contribution < 1.29 is 9.72 Å². The lowest BCUT2D eigenvalue weighted by Gasteiger charge is -2.08. The first-order chi connectivity index (χ1) is 8.06. The van der Waals surface area contributed by atoms with Gasteiger partial charge in [0.15, 0.2) is 0 Å². The summed E-state index contributed by atoms with van der Waals surface area (Å²) in [6.45, 7) is 2.24. The summed E-state index contributed by atoms with van der Waals surface area (Å²) in [7, 11) is 0. The molecule has 0 fully saturated rings. The molecule has 6 nitrogen and oxygen atoms in total. The third-order valence-electron chi connectivity index (χ3n) is 1.99. The highest BCUT2D eigenvalue weighted by Gasteiger charge is 2.16. The van der Waals surface area contributed by atoms with Crippen LogP contribution < -0.4 is 10.6 Å². The number of rotatable bonds is 5. The molecule has 0 heterocycles. The van der Waals surface area contributed by atoms with E-state index in [1.807, 2.05) is 0 Å². The van der Waals surface area contributed by atoms with Crippen LogP contribution in [-0.4, -0.2) is 23.9 Å². The molecule has 0 aromatic heterocycles. The Hall–Kier alpha value is -1.82. The number of nitrogens with one attached hydrogen (secondary N) is 2. The monoisotopic (exact) mass is 257 g/mol. The maximum absolute atomic E-state index is 11.2. The highest BCUT2D eigenvalue weighted by atomic mass is 35.5. The van der Waals surface area contributed by atoms with Crippen LogP contribution in [0.25, 0.3) is 0 Å². The summed E-state index contributed by atoms with van der Waals surface area (Å²) in [5.74, 6) is -0.248. The Balaban J connectivity index is 2.82. The lowest BCUT2D eigenvalue weighted by atomic mass is 10.2. The van der Waals surface area contributed by atoms with E-state index in [4.69, 9.17) is 11.6 Å². The second-order valence-corrected chi connectivity index (χ2v) is 3.61. The van der Waals surface area contributed by atoms with Gasteiger partial charge in [-0.1, -0.05) is 17.7 Å². The highest BCUT2D eigenvalue weighted by Crippen LogP contribution is 2.31. The van der Waals surface area contributed by atoms with Crippen molar-refractivity contribution in [2.24, 2.45) is 0 Å². The minimum Gasteiger partial charge on any atom is -0.369 e. The first-order valence-corrected chi connectivity index (χ1v) is 5.37. The van der Waals surface area contributed by atoms with Crippen LogP contribution in [0.3, 0.4) is 0 Å². The number of carbonyl (C=O) groups is 1. The van der Waals surface area contributed by atoms with Crippen molar-refractivity contribution in [2.45, 2.75) is 6.92 Å². The molecular weight excluding hydrogens is 246 g/mol. The number of likely N-dealkylation sites (N-methyl/N-ethyl adjacent to an activating group) is 1. The summed E-state index contributed by atoms with van der Waals surface area (Å²) in [6, 6.07) is 4.33. The molecule has 0 aliphatic carbocycles. The van der Waals surface area contributed by atoms with E-state index in [1.165, 1.54) is 18.2 Å². The minimum absolute atomic E-state index is 0.0571. The number of halogens is 1. The van der Waals surface area contributed by atoms with Gasteiger partial charge < -0.3 is 10.6 Å². The van der Waals surface area contributed by atoms with E-state index in [-0.39, 0.29) is 28.8 Å². The average Bonchev–Trinajstić information content (AvgIpc) is 2.27. The molecule has 0 bridgehead atoms. The molecule has 7 heteroatoms. The normalized spacial score (nSPS) is 9.76. The fourth-order valence-electron chi connectivity index (χ4n) is 1.27. The van der Waals surface area contributed by atoms with Crippen molar-refractivity contribution in [1.82, 2.24) is 5.32 Å². The summed E-state index contributed by atoms with van der Waals surface area (Å²) < 4.78 is 0. The van der Waals surface area contributed by atoms with Crippen molar-refractivity contribution in [3.63, 3.8) is 0 Å². The number of hydrogen-bond acceptors (Lipinski definition) is 4. The van der Waals surface area contributed by atoms with Crippen molar-refractivity contribution in [1.29, 1.82) is 0 Å². The Morgan fingerprint density at radius 3 is 2.82 bits per heavy atom.